The molecule has 0 bridgehead atoms. The lowest BCUT2D eigenvalue weighted by atomic mass is 10.2. The predicted octanol–water partition coefficient (Wildman–Crippen LogP) is 3.30. The fourth-order valence-corrected chi connectivity index (χ4v) is 1.84. The average molecular weight is 273 g/mol. The molecule has 0 saturated carbocycles. The number of ether oxygens (including phenoxy) is 1. The molecule has 0 aliphatic heterocycles. The van der Waals surface area contributed by atoms with Crippen molar-refractivity contribution in [3.8, 4) is 0 Å². The van der Waals surface area contributed by atoms with Crippen LogP contribution < -0.4 is 10.6 Å². The Bertz CT molecular complexity index is 561. The van der Waals surface area contributed by atoms with E-state index in [1.807, 2.05) is 24.3 Å². The van der Waals surface area contributed by atoms with Crippen molar-refractivity contribution in [2.24, 2.45) is 0 Å². The van der Waals surface area contributed by atoms with Crippen molar-refractivity contribution in [3.63, 3.8) is 0 Å². The van der Waals surface area contributed by atoms with E-state index in [1.165, 1.54) is 12.7 Å². The number of rotatable bonds is 5. The topological polar surface area (TPSA) is 55.3 Å². The molecule has 1 amide bonds. The van der Waals surface area contributed by atoms with Crippen molar-refractivity contribution in [2.75, 3.05) is 17.7 Å². The van der Waals surface area contributed by atoms with Gasteiger partial charge in [-0.1, -0.05) is 0 Å². The molecule has 1 aromatic heterocycles. The molecule has 2 N–H and O–H groups in total. The summed E-state index contributed by atoms with van der Waals surface area (Å²) in [6, 6.07) is 9.60. The molecular formula is C15H19N3O2. The number of anilines is 2. The van der Waals surface area contributed by atoms with Crippen molar-refractivity contribution < 1.29 is 9.53 Å². The average Bonchev–Trinajstić information content (AvgIpc) is 2.94. The third-order valence-corrected chi connectivity index (χ3v) is 2.99. The fourth-order valence-electron chi connectivity index (χ4n) is 1.84. The smallest absolute Gasteiger partial charge is 0.411 e. The summed E-state index contributed by atoms with van der Waals surface area (Å²) in [6.07, 6.45) is 3.73. The molecule has 5 heteroatoms. The molecule has 1 aromatic carbocycles. The van der Waals surface area contributed by atoms with Gasteiger partial charge in [0.15, 0.2) is 0 Å². The van der Waals surface area contributed by atoms with Gasteiger partial charge in [0, 0.05) is 36.9 Å². The third-order valence-electron chi connectivity index (χ3n) is 2.99. The summed E-state index contributed by atoms with van der Waals surface area (Å²) in [4.78, 5) is 11.1. The van der Waals surface area contributed by atoms with Gasteiger partial charge in [0.1, 0.15) is 0 Å². The van der Waals surface area contributed by atoms with Crippen LogP contribution in [0.3, 0.4) is 0 Å². The Morgan fingerprint density at radius 3 is 2.50 bits per heavy atom. The quantitative estimate of drug-likeness (QED) is 0.878. The Morgan fingerprint density at radius 1 is 1.20 bits per heavy atom. The zero-order valence-corrected chi connectivity index (χ0v) is 11.7. The number of methoxy groups -OCH3 is 1. The maximum absolute atomic E-state index is 11.1. The zero-order valence-electron chi connectivity index (χ0n) is 11.7. The van der Waals surface area contributed by atoms with Crippen LogP contribution in [0.4, 0.5) is 16.2 Å². The molecule has 0 atom stereocenters. The summed E-state index contributed by atoms with van der Waals surface area (Å²) in [5, 5.41) is 5.95. The second-order valence-electron chi connectivity index (χ2n) is 4.40. The molecule has 20 heavy (non-hydrogen) atoms. The highest BCUT2D eigenvalue weighted by Gasteiger charge is 2.00. The van der Waals surface area contributed by atoms with Gasteiger partial charge >= 0.3 is 6.09 Å². The molecule has 0 aliphatic carbocycles. The first kappa shape index (κ1) is 14.0. The minimum Gasteiger partial charge on any atom is -0.453 e. The van der Waals surface area contributed by atoms with Gasteiger partial charge in [-0.05, 0) is 42.8 Å². The largest absolute Gasteiger partial charge is 0.453 e. The standard InChI is InChI=1S/C15H19N3O2/c1-3-18-9-8-12(11-18)10-16-13-4-6-14(7-5-13)17-15(19)20-2/h4-9,11,16H,3,10H2,1-2H3,(H,17,19). The molecule has 0 spiro atoms. The Labute approximate surface area is 118 Å². The van der Waals surface area contributed by atoms with Crippen LogP contribution in [0.15, 0.2) is 42.7 Å². The van der Waals surface area contributed by atoms with Gasteiger partial charge < -0.3 is 14.6 Å². The molecular weight excluding hydrogens is 254 g/mol. The Hall–Kier alpha value is -2.43. The first-order chi connectivity index (χ1) is 9.71. The van der Waals surface area contributed by atoms with Gasteiger partial charge in [-0.2, -0.15) is 0 Å². The molecule has 2 rings (SSSR count). The number of aryl methyl sites for hydroxylation is 1. The number of benzene rings is 1. The van der Waals surface area contributed by atoms with E-state index in [0.717, 1.165) is 18.8 Å². The van der Waals surface area contributed by atoms with E-state index < -0.39 is 6.09 Å². The minimum absolute atomic E-state index is 0.466. The van der Waals surface area contributed by atoms with Crippen LogP contribution in [-0.4, -0.2) is 17.8 Å². The number of carbonyl (C=O) groups is 1. The third kappa shape index (κ3) is 3.78. The van der Waals surface area contributed by atoms with Crippen LogP contribution in [0.2, 0.25) is 0 Å². The number of aromatic nitrogens is 1. The van der Waals surface area contributed by atoms with Crippen LogP contribution in [0.25, 0.3) is 0 Å². The lowest BCUT2D eigenvalue weighted by molar-refractivity contribution is 0.187. The molecule has 5 nitrogen and oxygen atoms in total. The summed E-state index contributed by atoms with van der Waals surface area (Å²) in [5.74, 6) is 0. The second-order valence-corrected chi connectivity index (χ2v) is 4.40. The zero-order chi connectivity index (χ0) is 14.4. The molecule has 1 heterocycles. The summed E-state index contributed by atoms with van der Waals surface area (Å²) < 4.78 is 6.67. The first-order valence-electron chi connectivity index (χ1n) is 6.55. The van der Waals surface area contributed by atoms with Crippen LogP contribution in [-0.2, 0) is 17.8 Å². The lowest BCUT2D eigenvalue weighted by Crippen LogP contribution is -2.10. The Balaban J connectivity index is 1.88. The monoisotopic (exact) mass is 273 g/mol. The van der Waals surface area contributed by atoms with E-state index in [4.69, 9.17) is 0 Å². The van der Waals surface area contributed by atoms with Crippen molar-refractivity contribution in [3.05, 3.63) is 48.3 Å². The van der Waals surface area contributed by atoms with E-state index >= 15 is 0 Å². The molecule has 0 aliphatic rings. The van der Waals surface area contributed by atoms with Gasteiger partial charge in [0.2, 0.25) is 0 Å². The van der Waals surface area contributed by atoms with Crippen LogP contribution in [0.5, 0.6) is 0 Å². The SMILES string of the molecule is CCn1ccc(CNc2ccc(NC(=O)OC)cc2)c1. The Kier molecular flexibility index (Phi) is 4.65. The van der Waals surface area contributed by atoms with E-state index in [0.29, 0.717) is 5.69 Å². The van der Waals surface area contributed by atoms with Crippen molar-refractivity contribution >= 4 is 17.5 Å². The van der Waals surface area contributed by atoms with Gasteiger partial charge in [0.25, 0.3) is 0 Å². The molecule has 106 valence electrons. The van der Waals surface area contributed by atoms with Crippen LogP contribution >= 0.6 is 0 Å². The van der Waals surface area contributed by atoms with Crippen molar-refractivity contribution in [1.29, 1.82) is 0 Å². The molecule has 0 unspecified atom stereocenters. The number of amides is 1. The highest BCUT2D eigenvalue weighted by molar-refractivity contribution is 5.84. The first-order valence-corrected chi connectivity index (χ1v) is 6.55. The van der Waals surface area contributed by atoms with Gasteiger partial charge in [-0.25, -0.2) is 4.79 Å². The number of carbonyl (C=O) groups excluding carboxylic acids is 1. The van der Waals surface area contributed by atoms with E-state index in [1.54, 1.807) is 0 Å². The summed E-state index contributed by atoms with van der Waals surface area (Å²) in [6.45, 7) is 3.87. The van der Waals surface area contributed by atoms with E-state index in [2.05, 4.69) is 45.3 Å². The van der Waals surface area contributed by atoms with E-state index in [-0.39, 0.29) is 0 Å². The predicted molar refractivity (Wildman–Crippen MR) is 79.9 cm³/mol. The van der Waals surface area contributed by atoms with Crippen molar-refractivity contribution in [1.82, 2.24) is 4.57 Å². The normalized spacial score (nSPS) is 10.1. The number of hydrogen-bond donors (Lipinski definition) is 2. The molecule has 0 radical (unpaired) electrons. The number of nitrogens with zero attached hydrogens (tertiary/aromatic N) is 1. The van der Waals surface area contributed by atoms with E-state index in [9.17, 15) is 4.79 Å². The Morgan fingerprint density at radius 2 is 1.90 bits per heavy atom. The van der Waals surface area contributed by atoms with Gasteiger partial charge in [-0.15, -0.1) is 0 Å². The number of hydrogen-bond acceptors (Lipinski definition) is 3. The molecule has 0 fully saturated rings. The molecule has 2 aromatic rings. The maximum Gasteiger partial charge on any atom is 0.411 e. The number of nitrogens with one attached hydrogen (secondary N) is 2. The van der Waals surface area contributed by atoms with Gasteiger partial charge in [0.05, 0.1) is 7.11 Å². The second kappa shape index (κ2) is 6.65. The highest BCUT2D eigenvalue weighted by Crippen LogP contribution is 2.15. The summed E-state index contributed by atoms with van der Waals surface area (Å²) in [7, 11) is 1.34. The highest BCUT2D eigenvalue weighted by atomic mass is 16.5. The van der Waals surface area contributed by atoms with Crippen molar-refractivity contribution in [2.45, 2.75) is 20.0 Å². The lowest BCUT2D eigenvalue weighted by Gasteiger charge is -2.07. The van der Waals surface area contributed by atoms with Crippen LogP contribution in [0, 0.1) is 0 Å². The minimum atomic E-state index is -0.466. The molecule has 0 saturated heterocycles. The fraction of sp³-hybridized carbons (Fsp3) is 0.267. The summed E-state index contributed by atoms with van der Waals surface area (Å²) >= 11 is 0. The summed E-state index contributed by atoms with van der Waals surface area (Å²) in [5.41, 5.74) is 2.95. The maximum atomic E-state index is 11.1. The van der Waals surface area contributed by atoms with Gasteiger partial charge in [-0.3, -0.25) is 5.32 Å². The van der Waals surface area contributed by atoms with Crippen LogP contribution in [0.1, 0.15) is 12.5 Å².